The molecule has 0 N–H and O–H groups in total. The Labute approximate surface area is 404 Å². The molecule has 0 aliphatic carbocycles. The van der Waals surface area contributed by atoms with Crippen molar-refractivity contribution in [2.45, 2.75) is 0 Å². The minimum absolute atomic E-state index is 1.09. The number of rotatable bonds is 6. The molecule has 1 aromatic heterocycles. The van der Waals surface area contributed by atoms with Gasteiger partial charge < -0.3 is 9.47 Å². The molecule has 1 heterocycles. The largest absolute Gasteiger partial charge is 0.310 e. The number of benzene rings is 13. The van der Waals surface area contributed by atoms with Crippen LogP contribution in [-0.4, -0.2) is 4.57 Å². The van der Waals surface area contributed by atoms with Crippen LogP contribution < -0.4 is 4.90 Å². The number of hydrogen-bond acceptors (Lipinski definition) is 1. The predicted octanol–water partition coefficient (Wildman–Crippen LogP) is 19.1. The zero-order valence-electron chi connectivity index (χ0n) is 38.1. The van der Waals surface area contributed by atoms with Gasteiger partial charge >= 0.3 is 0 Å². The molecule has 0 unspecified atom stereocenters. The van der Waals surface area contributed by atoms with E-state index in [1.54, 1.807) is 0 Å². The monoisotopic (exact) mass is 886 g/mol. The van der Waals surface area contributed by atoms with Crippen molar-refractivity contribution >= 4 is 114 Å². The van der Waals surface area contributed by atoms with Gasteiger partial charge in [-0.05, 0) is 153 Å². The molecular formula is C68H42N2. The van der Waals surface area contributed by atoms with Crippen LogP contribution in [0.4, 0.5) is 17.1 Å². The smallest absolute Gasteiger partial charge is 0.0619 e. The summed E-state index contributed by atoms with van der Waals surface area (Å²) >= 11 is 0. The highest BCUT2D eigenvalue weighted by molar-refractivity contribution is 6.37. The summed E-state index contributed by atoms with van der Waals surface area (Å²) in [5.41, 5.74) is 11.6. The second-order valence-electron chi connectivity index (χ2n) is 18.8. The highest BCUT2D eigenvalue weighted by Crippen LogP contribution is 2.47. The van der Waals surface area contributed by atoms with Crippen molar-refractivity contribution < 1.29 is 0 Å². The van der Waals surface area contributed by atoms with Gasteiger partial charge in [0.1, 0.15) is 0 Å². The Bertz CT molecular complexity index is 4560. The van der Waals surface area contributed by atoms with Gasteiger partial charge in [-0.1, -0.05) is 194 Å². The number of para-hydroxylation sites is 3. The molecule has 0 aliphatic heterocycles. The van der Waals surface area contributed by atoms with Crippen LogP contribution in [0.25, 0.3) is 125 Å². The van der Waals surface area contributed by atoms with Gasteiger partial charge in [-0.2, -0.15) is 0 Å². The van der Waals surface area contributed by atoms with Crippen LogP contribution in [0.2, 0.25) is 0 Å². The Balaban J connectivity index is 0.974. The molecule has 0 fully saturated rings. The highest BCUT2D eigenvalue weighted by atomic mass is 15.1. The summed E-state index contributed by atoms with van der Waals surface area (Å²) in [6.07, 6.45) is 0. The molecule has 0 atom stereocenters. The minimum Gasteiger partial charge on any atom is -0.310 e. The molecule has 2 nitrogen and oxygen atoms in total. The summed E-state index contributed by atoms with van der Waals surface area (Å²) in [5, 5.41) is 20.2. The van der Waals surface area contributed by atoms with Crippen molar-refractivity contribution in [3.63, 3.8) is 0 Å². The molecule has 0 aliphatic rings. The van der Waals surface area contributed by atoms with E-state index in [9.17, 15) is 0 Å². The van der Waals surface area contributed by atoms with Crippen molar-refractivity contribution in [3.05, 3.63) is 255 Å². The second-order valence-corrected chi connectivity index (χ2v) is 18.8. The highest BCUT2D eigenvalue weighted by Gasteiger charge is 2.21. The summed E-state index contributed by atoms with van der Waals surface area (Å²) < 4.78 is 2.43. The molecule has 70 heavy (non-hydrogen) atoms. The van der Waals surface area contributed by atoms with Crippen LogP contribution in [0, 0.1) is 0 Å². The Morgan fingerprint density at radius 1 is 0.257 bits per heavy atom. The third kappa shape index (κ3) is 5.81. The van der Waals surface area contributed by atoms with Gasteiger partial charge in [0.25, 0.3) is 0 Å². The predicted molar refractivity (Wildman–Crippen MR) is 300 cm³/mol. The van der Waals surface area contributed by atoms with Gasteiger partial charge in [0, 0.05) is 39.1 Å². The molecule has 0 amide bonds. The van der Waals surface area contributed by atoms with Crippen molar-refractivity contribution in [3.8, 4) is 27.9 Å². The number of fused-ring (bicyclic) bond motifs is 6. The zero-order chi connectivity index (χ0) is 45.9. The SMILES string of the molecule is c1ccc(-n2c3ccccc3c3cccc(-c4ccc(N(c5ccc(-c6ccc7ccccc7c6)cc5)c5cc6ccc7cccc8c9cccc%10ccc%11cccc(c(c5)c6c78)c%11c%109)cc4)c32)cc1. The standard InChI is InChI=1S/C68H42N2/c1-2-17-52(18-3-1)70-63-25-7-6-19-57(63)61-24-11-20-56(68(61)70)45-34-38-54(39-35-45)69(53-36-32-44(33-37-53)50-30-26-43-12-4-5-13-49(43)40-50)55-41-51-31-29-48-15-9-22-59-58-21-8-14-46-27-28-47-16-10-23-60(66(47)64(46)58)62(42-55)67(51)65(48)59/h1-42H. The molecule has 0 radical (unpaired) electrons. The number of hydrogen-bond donors (Lipinski definition) is 0. The van der Waals surface area contributed by atoms with E-state index in [4.69, 9.17) is 0 Å². The first-order valence-corrected chi connectivity index (χ1v) is 24.2. The van der Waals surface area contributed by atoms with Gasteiger partial charge in [-0.3, -0.25) is 0 Å². The number of aromatic nitrogens is 1. The maximum absolute atomic E-state index is 2.46. The minimum atomic E-state index is 1.09. The van der Waals surface area contributed by atoms with Gasteiger partial charge in [-0.25, -0.2) is 0 Å². The van der Waals surface area contributed by atoms with E-state index in [0.717, 1.165) is 22.7 Å². The van der Waals surface area contributed by atoms with Gasteiger partial charge in [0.05, 0.1) is 11.0 Å². The lowest BCUT2D eigenvalue weighted by Crippen LogP contribution is -2.10. The molecule has 2 heteroatoms. The third-order valence-corrected chi connectivity index (χ3v) is 15.0. The Kier molecular flexibility index (Phi) is 8.39. The van der Waals surface area contributed by atoms with Crippen LogP contribution in [-0.2, 0) is 0 Å². The molecule has 324 valence electrons. The van der Waals surface area contributed by atoms with E-state index in [0.29, 0.717) is 0 Å². The van der Waals surface area contributed by atoms with Crippen molar-refractivity contribution in [2.75, 3.05) is 4.90 Å². The summed E-state index contributed by atoms with van der Waals surface area (Å²) in [6, 6.07) is 94.6. The Morgan fingerprint density at radius 2 is 0.743 bits per heavy atom. The fraction of sp³-hybridized carbons (Fsp3) is 0. The fourth-order valence-electron chi connectivity index (χ4n) is 11.9. The number of nitrogens with zero attached hydrogens (tertiary/aromatic N) is 2. The van der Waals surface area contributed by atoms with E-state index in [1.807, 2.05) is 0 Å². The lowest BCUT2D eigenvalue weighted by molar-refractivity contribution is 1.18. The van der Waals surface area contributed by atoms with Crippen molar-refractivity contribution in [1.82, 2.24) is 4.57 Å². The second kappa shape index (κ2) is 15.1. The number of anilines is 3. The van der Waals surface area contributed by atoms with Gasteiger partial charge in [-0.15, -0.1) is 0 Å². The fourth-order valence-corrected chi connectivity index (χ4v) is 11.9. The Hall–Kier alpha value is -9.24. The average Bonchev–Trinajstić information content (AvgIpc) is 3.77. The van der Waals surface area contributed by atoms with Gasteiger partial charge in [0.15, 0.2) is 0 Å². The molecule has 15 aromatic rings. The molecule has 14 aromatic carbocycles. The van der Waals surface area contributed by atoms with Crippen LogP contribution in [0.3, 0.4) is 0 Å². The molecule has 15 rings (SSSR count). The quantitative estimate of drug-likeness (QED) is 0.151. The maximum atomic E-state index is 2.46. The first kappa shape index (κ1) is 38.8. The molecule has 0 spiro atoms. The zero-order valence-corrected chi connectivity index (χ0v) is 38.1. The summed E-state index contributed by atoms with van der Waals surface area (Å²) in [7, 11) is 0. The first-order chi connectivity index (χ1) is 34.7. The average molecular weight is 887 g/mol. The van der Waals surface area contributed by atoms with Crippen LogP contribution in [0.15, 0.2) is 255 Å². The van der Waals surface area contributed by atoms with Crippen molar-refractivity contribution in [1.29, 1.82) is 0 Å². The summed E-state index contributed by atoms with van der Waals surface area (Å²) in [5.74, 6) is 0. The van der Waals surface area contributed by atoms with Gasteiger partial charge in [0.2, 0.25) is 0 Å². The summed E-state index contributed by atoms with van der Waals surface area (Å²) in [4.78, 5) is 2.45. The lowest BCUT2D eigenvalue weighted by Gasteiger charge is -2.27. The molecule has 0 saturated heterocycles. The van der Waals surface area contributed by atoms with Crippen molar-refractivity contribution in [2.24, 2.45) is 0 Å². The van der Waals surface area contributed by atoms with E-state index < -0.39 is 0 Å². The van der Waals surface area contributed by atoms with Crippen LogP contribution in [0.5, 0.6) is 0 Å². The Morgan fingerprint density at radius 3 is 1.43 bits per heavy atom. The normalized spacial score (nSPS) is 12.0. The molecule has 0 saturated carbocycles. The van der Waals surface area contributed by atoms with E-state index >= 15 is 0 Å². The van der Waals surface area contributed by atoms with Crippen LogP contribution >= 0.6 is 0 Å². The molecule has 0 bridgehead atoms. The van der Waals surface area contributed by atoms with E-state index in [2.05, 4.69) is 264 Å². The van der Waals surface area contributed by atoms with E-state index in [-0.39, 0.29) is 0 Å². The van der Waals surface area contributed by atoms with E-state index in [1.165, 1.54) is 119 Å². The topological polar surface area (TPSA) is 8.17 Å². The summed E-state index contributed by atoms with van der Waals surface area (Å²) in [6.45, 7) is 0. The maximum Gasteiger partial charge on any atom is 0.0619 e. The first-order valence-electron chi connectivity index (χ1n) is 24.2. The third-order valence-electron chi connectivity index (χ3n) is 15.0. The molecular weight excluding hydrogens is 845 g/mol. The van der Waals surface area contributed by atoms with Crippen LogP contribution in [0.1, 0.15) is 0 Å². The lowest BCUT2D eigenvalue weighted by atomic mass is 9.87.